The van der Waals surface area contributed by atoms with E-state index in [1.54, 1.807) is 12.1 Å². The molecule has 2 rings (SSSR count). The van der Waals surface area contributed by atoms with Gasteiger partial charge in [-0.3, -0.25) is 4.79 Å². The summed E-state index contributed by atoms with van der Waals surface area (Å²) in [6.07, 6.45) is 0.969. The first-order valence-corrected chi connectivity index (χ1v) is 8.35. The van der Waals surface area contributed by atoms with E-state index in [2.05, 4.69) is 20.8 Å². The van der Waals surface area contributed by atoms with Crippen LogP contribution in [-0.2, 0) is 0 Å². The standard InChI is InChI=1S/C14H17BrCl2N2O/c15-11-2-3-12(13(17)10-11)14(20)19-6-1-5-18(7-4-16)8-9-19/h2-3,10H,1,4-9H2. The van der Waals surface area contributed by atoms with Crippen molar-refractivity contribution in [3.05, 3.63) is 33.3 Å². The molecule has 1 aromatic carbocycles. The highest BCUT2D eigenvalue weighted by Gasteiger charge is 2.21. The molecule has 1 heterocycles. The van der Waals surface area contributed by atoms with Gasteiger partial charge < -0.3 is 9.80 Å². The molecule has 0 saturated carbocycles. The second-order valence-corrected chi connectivity index (χ2v) is 6.50. The Kier molecular flexibility index (Phi) is 6.15. The number of nitrogens with zero attached hydrogens (tertiary/aromatic N) is 2. The molecule has 0 N–H and O–H groups in total. The van der Waals surface area contributed by atoms with Crippen molar-refractivity contribution in [3.8, 4) is 0 Å². The molecule has 0 bridgehead atoms. The molecule has 0 unspecified atom stereocenters. The Labute approximate surface area is 138 Å². The van der Waals surface area contributed by atoms with Crippen LogP contribution in [0.1, 0.15) is 16.8 Å². The van der Waals surface area contributed by atoms with Crippen molar-refractivity contribution in [1.29, 1.82) is 0 Å². The highest BCUT2D eigenvalue weighted by molar-refractivity contribution is 9.10. The van der Waals surface area contributed by atoms with Gasteiger partial charge in [-0.05, 0) is 31.2 Å². The van der Waals surface area contributed by atoms with Gasteiger partial charge in [0.25, 0.3) is 5.91 Å². The number of hydrogen-bond acceptors (Lipinski definition) is 2. The molecular formula is C14H17BrCl2N2O. The summed E-state index contributed by atoms with van der Waals surface area (Å²) in [7, 11) is 0. The zero-order chi connectivity index (χ0) is 14.5. The molecule has 110 valence electrons. The lowest BCUT2D eigenvalue weighted by molar-refractivity contribution is 0.0762. The summed E-state index contributed by atoms with van der Waals surface area (Å²) >= 11 is 15.3. The van der Waals surface area contributed by atoms with Crippen molar-refractivity contribution in [3.63, 3.8) is 0 Å². The largest absolute Gasteiger partial charge is 0.337 e. The van der Waals surface area contributed by atoms with E-state index in [-0.39, 0.29) is 5.91 Å². The van der Waals surface area contributed by atoms with Gasteiger partial charge >= 0.3 is 0 Å². The number of amides is 1. The molecule has 1 aromatic rings. The summed E-state index contributed by atoms with van der Waals surface area (Å²) in [6.45, 7) is 4.23. The van der Waals surface area contributed by atoms with Crippen LogP contribution < -0.4 is 0 Å². The fraction of sp³-hybridized carbons (Fsp3) is 0.500. The third-order valence-electron chi connectivity index (χ3n) is 3.44. The van der Waals surface area contributed by atoms with Crippen molar-refractivity contribution < 1.29 is 4.79 Å². The predicted molar refractivity (Wildman–Crippen MR) is 86.8 cm³/mol. The van der Waals surface area contributed by atoms with E-state index in [0.717, 1.165) is 43.6 Å². The van der Waals surface area contributed by atoms with Crippen molar-refractivity contribution in [2.45, 2.75) is 6.42 Å². The first-order valence-electron chi connectivity index (χ1n) is 6.64. The average Bonchev–Trinajstić information content (AvgIpc) is 2.64. The summed E-state index contributed by atoms with van der Waals surface area (Å²) in [6, 6.07) is 5.37. The molecule has 1 fully saturated rings. The number of carbonyl (C=O) groups is 1. The molecule has 0 radical (unpaired) electrons. The van der Waals surface area contributed by atoms with E-state index in [0.29, 0.717) is 16.5 Å². The topological polar surface area (TPSA) is 23.6 Å². The number of carbonyl (C=O) groups excluding carboxylic acids is 1. The Hall–Kier alpha value is -0.290. The Morgan fingerprint density at radius 3 is 2.75 bits per heavy atom. The fourth-order valence-electron chi connectivity index (χ4n) is 2.35. The normalized spacial score (nSPS) is 17.1. The number of rotatable bonds is 3. The summed E-state index contributed by atoms with van der Waals surface area (Å²) in [5.74, 6) is 0.641. The molecule has 1 aliphatic rings. The van der Waals surface area contributed by atoms with Gasteiger partial charge in [-0.15, -0.1) is 11.6 Å². The quantitative estimate of drug-likeness (QED) is 0.750. The lowest BCUT2D eigenvalue weighted by Crippen LogP contribution is -2.35. The Morgan fingerprint density at radius 1 is 1.25 bits per heavy atom. The summed E-state index contributed by atoms with van der Waals surface area (Å²) in [4.78, 5) is 16.7. The van der Waals surface area contributed by atoms with Crippen molar-refractivity contribution in [1.82, 2.24) is 9.80 Å². The summed E-state index contributed by atoms with van der Waals surface area (Å²) in [5, 5.41) is 0.492. The Bertz CT molecular complexity index is 484. The van der Waals surface area contributed by atoms with Crippen LogP contribution in [0, 0.1) is 0 Å². The Morgan fingerprint density at radius 2 is 2.05 bits per heavy atom. The molecular weight excluding hydrogens is 363 g/mol. The highest BCUT2D eigenvalue weighted by atomic mass is 79.9. The van der Waals surface area contributed by atoms with Gasteiger partial charge in [0.2, 0.25) is 0 Å². The maximum Gasteiger partial charge on any atom is 0.255 e. The van der Waals surface area contributed by atoms with E-state index in [1.807, 2.05) is 11.0 Å². The third kappa shape index (κ3) is 4.10. The maximum absolute atomic E-state index is 12.5. The van der Waals surface area contributed by atoms with Crippen LogP contribution in [0.2, 0.25) is 5.02 Å². The van der Waals surface area contributed by atoms with E-state index in [1.165, 1.54) is 0 Å². The minimum atomic E-state index is 0.00947. The van der Waals surface area contributed by atoms with Crippen LogP contribution in [0.5, 0.6) is 0 Å². The number of alkyl halides is 1. The third-order valence-corrected chi connectivity index (χ3v) is 4.41. The van der Waals surface area contributed by atoms with Gasteiger partial charge in [0.15, 0.2) is 0 Å². The van der Waals surface area contributed by atoms with Gasteiger partial charge in [0, 0.05) is 36.5 Å². The summed E-state index contributed by atoms with van der Waals surface area (Å²) < 4.78 is 0.878. The molecule has 3 nitrogen and oxygen atoms in total. The second kappa shape index (κ2) is 7.64. The minimum absolute atomic E-state index is 0.00947. The summed E-state index contributed by atoms with van der Waals surface area (Å²) in [5.41, 5.74) is 0.570. The predicted octanol–water partition coefficient (Wildman–Crippen LogP) is 3.49. The first-order chi connectivity index (χ1) is 9.61. The molecule has 1 amide bonds. The van der Waals surface area contributed by atoms with Crippen LogP contribution in [-0.4, -0.2) is 54.3 Å². The van der Waals surface area contributed by atoms with Crippen LogP contribution in [0.15, 0.2) is 22.7 Å². The average molecular weight is 380 g/mol. The second-order valence-electron chi connectivity index (χ2n) is 4.80. The molecule has 0 atom stereocenters. The van der Waals surface area contributed by atoms with E-state index in [9.17, 15) is 4.79 Å². The van der Waals surface area contributed by atoms with E-state index < -0.39 is 0 Å². The SMILES string of the molecule is O=C(c1ccc(Br)cc1Cl)N1CCCN(CCCl)CC1. The van der Waals surface area contributed by atoms with E-state index >= 15 is 0 Å². The van der Waals surface area contributed by atoms with Crippen LogP contribution >= 0.6 is 39.1 Å². The molecule has 1 saturated heterocycles. The van der Waals surface area contributed by atoms with Gasteiger partial charge in [0.1, 0.15) is 0 Å². The van der Waals surface area contributed by atoms with Gasteiger partial charge in [-0.1, -0.05) is 27.5 Å². The van der Waals surface area contributed by atoms with Crippen molar-refractivity contribution >= 4 is 45.0 Å². The van der Waals surface area contributed by atoms with Crippen LogP contribution in [0.25, 0.3) is 0 Å². The number of hydrogen-bond donors (Lipinski definition) is 0. The smallest absolute Gasteiger partial charge is 0.255 e. The zero-order valence-electron chi connectivity index (χ0n) is 11.1. The van der Waals surface area contributed by atoms with Crippen LogP contribution in [0.3, 0.4) is 0 Å². The van der Waals surface area contributed by atoms with Crippen molar-refractivity contribution in [2.24, 2.45) is 0 Å². The molecule has 6 heteroatoms. The van der Waals surface area contributed by atoms with Gasteiger partial charge in [-0.25, -0.2) is 0 Å². The molecule has 1 aliphatic heterocycles. The lowest BCUT2D eigenvalue weighted by atomic mass is 10.2. The molecule has 0 aromatic heterocycles. The van der Waals surface area contributed by atoms with E-state index in [4.69, 9.17) is 23.2 Å². The maximum atomic E-state index is 12.5. The van der Waals surface area contributed by atoms with Gasteiger partial charge in [-0.2, -0.15) is 0 Å². The first kappa shape index (κ1) is 16.1. The number of halogens is 3. The molecule has 0 aliphatic carbocycles. The Balaban J connectivity index is 2.05. The number of benzene rings is 1. The van der Waals surface area contributed by atoms with Crippen molar-refractivity contribution in [2.75, 3.05) is 38.6 Å². The fourth-order valence-corrected chi connectivity index (χ4v) is 3.34. The monoisotopic (exact) mass is 378 g/mol. The van der Waals surface area contributed by atoms with Crippen LogP contribution in [0.4, 0.5) is 0 Å². The highest BCUT2D eigenvalue weighted by Crippen LogP contribution is 2.23. The molecule has 0 spiro atoms. The zero-order valence-corrected chi connectivity index (χ0v) is 14.2. The molecule has 20 heavy (non-hydrogen) atoms. The lowest BCUT2D eigenvalue weighted by Gasteiger charge is -2.22. The minimum Gasteiger partial charge on any atom is -0.337 e. The van der Waals surface area contributed by atoms with Gasteiger partial charge in [0.05, 0.1) is 10.6 Å².